The molecule has 1 aromatic rings. The Morgan fingerprint density at radius 1 is 1.00 bits per heavy atom. The molecule has 1 aromatic carbocycles. The molecular weight excluding hydrogens is 310 g/mol. The molecule has 0 heterocycles. The molecule has 0 aliphatic rings. The standard InChI is InChI=1S/C18H25NO5/c1-4-23-17(20)13-19(14-18(21)24-5-2)12-6-7-15-8-10-16(22-3)11-9-15/h6-11H,4-5,12-14H2,1-3H3/b7-6+. The van der Waals surface area contributed by atoms with Gasteiger partial charge in [-0.3, -0.25) is 14.5 Å². The van der Waals surface area contributed by atoms with Crippen molar-refractivity contribution in [3.63, 3.8) is 0 Å². The van der Waals surface area contributed by atoms with Crippen LogP contribution in [0.1, 0.15) is 19.4 Å². The van der Waals surface area contributed by atoms with Crippen molar-refractivity contribution in [2.45, 2.75) is 13.8 Å². The van der Waals surface area contributed by atoms with E-state index in [0.29, 0.717) is 19.8 Å². The first-order valence-electron chi connectivity index (χ1n) is 7.93. The van der Waals surface area contributed by atoms with Crippen molar-refractivity contribution in [1.82, 2.24) is 4.90 Å². The number of hydrogen-bond acceptors (Lipinski definition) is 6. The molecule has 0 radical (unpaired) electrons. The Bertz CT molecular complexity index is 519. The van der Waals surface area contributed by atoms with Gasteiger partial charge in [0.15, 0.2) is 0 Å². The van der Waals surface area contributed by atoms with Crippen LogP contribution in [0.4, 0.5) is 0 Å². The summed E-state index contributed by atoms with van der Waals surface area (Å²) in [6, 6.07) is 7.59. The molecule has 1 rings (SSSR count). The van der Waals surface area contributed by atoms with Gasteiger partial charge in [-0.25, -0.2) is 0 Å². The van der Waals surface area contributed by atoms with Crippen LogP contribution in [0.3, 0.4) is 0 Å². The number of benzene rings is 1. The third-order valence-corrected chi connectivity index (χ3v) is 3.11. The Kier molecular flexibility index (Phi) is 9.23. The van der Waals surface area contributed by atoms with Crippen molar-refractivity contribution in [2.24, 2.45) is 0 Å². The van der Waals surface area contributed by atoms with E-state index in [1.165, 1.54) is 0 Å². The molecule has 0 aromatic heterocycles. The van der Waals surface area contributed by atoms with Gasteiger partial charge >= 0.3 is 11.9 Å². The fraction of sp³-hybridized carbons (Fsp3) is 0.444. The Balaban J connectivity index is 2.62. The van der Waals surface area contributed by atoms with Crippen LogP contribution < -0.4 is 4.74 Å². The molecule has 0 atom stereocenters. The van der Waals surface area contributed by atoms with Crippen molar-refractivity contribution in [1.29, 1.82) is 0 Å². The van der Waals surface area contributed by atoms with Gasteiger partial charge < -0.3 is 14.2 Å². The van der Waals surface area contributed by atoms with Crippen LogP contribution in [-0.4, -0.2) is 56.8 Å². The fourth-order valence-electron chi connectivity index (χ4n) is 2.02. The molecule has 0 bridgehead atoms. The summed E-state index contributed by atoms with van der Waals surface area (Å²) in [6.45, 7) is 4.64. The maximum absolute atomic E-state index is 11.6. The second-order valence-electron chi connectivity index (χ2n) is 4.96. The number of rotatable bonds is 10. The number of hydrogen-bond donors (Lipinski definition) is 0. The Hall–Kier alpha value is -2.34. The number of carbonyl (C=O) groups is 2. The maximum atomic E-state index is 11.6. The zero-order valence-corrected chi connectivity index (χ0v) is 14.5. The Labute approximate surface area is 143 Å². The number of esters is 2. The molecule has 0 saturated heterocycles. The highest BCUT2D eigenvalue weighted by Crippen LogP contribution is 2.12. The average Bonchev–Trinajstić information content (AvgIpc) is 2.55. The molecule has 0 unspecified atom stereocenters. The van der Waals surface area contributed by atoms with Crippen molar-refractivity contribution < 1.29 is 23.8 Å². The zero-order valence-electron chi connectivity index (χ0n) is 14.5. The smallest absolute Gasteiger partial charge is 0.320 e. The molecular formula is C18H25NO5. The lowest BCUT2D eigenvalue weighted by atomic mass is 10.2. The van der Waals surface area contributed by atoms with E-state index >= 15 is 0 Å². The highest BCUT2D eigenvalue weighted by Gasteiger charge is 2.14. The Morgan fingerprint density at radius 3 is 2.00 bits per heavy atom. The number of carbonyl (C=O) groups excluding carboxylic acids is 2. The van der Waals surface area contributed by atoms with Gasteiger partial charge in [-0.1, -0.05) is 24.3 Å². The summed E-state index contributed by atoms with van der Waals surface area (Å²) >= 11 is 0. The van der Waals surface area contributed by atoms with Crippen LogP contribution in [0.25, 0.3) is 6.08 Å². The van der Waals surface area contributed by atoms with Gasteiger partial charge in [0.1, 0.15) is 5.75 Å². The van der Waals surface area contributed by atoms with E-state index in [4.69, 9.17) is 14.2 Å². The van der Waals surface area contributed by atoms with Gasteiger partial charge in [0.05, 0.1) is 33.4 Å². The fourth-order valence-corrected chi connectivity index (χ4v) is 2.02. The lowest BCUT2D eigenvalue weighted by Crippen LogP contribution is -2.36. The Morgan fingerprint density at radius 2 is 1.54 bits per heavy atom. The molecule has 24 heavy (non-hydrogen) atoms. The molecule has 0 spiro atoms. The van der Waals surface area contributed by atoms with E-state index in [1.54, 1.807) is 25.9 Å². The van der Waals surface area contributed by atoms with Crippen LogP contribution in [-0.2, 0) is 19.1 Å². The minimum absolute atomic E-state index is 0.0413. The summed E-state index contributed by atoms with van der Waals surface area (Å²) < 4.78 is 15.0. The van der Waals surface area contributed by atoms with Crippen molar-refractivity contribution in [3.8, 4) is 5.75 Å². The molecule has 0 saturated carbocycles. The second-order valence-corrected chi connectivity index (χ2v) is 4.96. The third kappa shape index (κ3) is 7.78. The van der Waals surface area contributed by atoms with E-state index < -0.39 is 0 Å². The monoisotopic (exact) mass is 335 g/mol. The summed E-state index contributed by atoms with van der Waals surface area (Å²) in [5, 5.41) is 0. The average molecular weight is 335 g/mol. The first-order valence-corrected chi connectivity index (χ1v) is 7.93. The topological polar surface area (TPSA) is 65.1 Å². The van der Waals surface area contributed by atoms with Crippen molar-refractivity contribution in [2.75, 3.05) is 40.0 Å². The number of nitrogens with zero attached hydrogens (tertiary/aromatic N) is 1. The van der Waals surface area contributed by atoms with Crippen LogP contribution in [0, 0.1) is 0 Å². The SMILES string of the molecule is CCOC(=O)CN(C/C=C/c1ccc(OC)cc1)CC(=O)OCC. The predicted octanol–water partition coefficient (Wildman–Crippen LogP) is 2.14. The molecule has 132 valence electrons. The van der Waals surface area contributed by atoms with Gasteiger partial charge in [0.2, 0.25) is 0 Å². The van der Waals surface area contributed by atoms with Gasteiger partial charge in [-0.05, 0) is 31.5 Å². The van der Waals surface area contributed by atoms with Crippen LogP contribution >= 0.6 is 0 Å². The lowest BCUT2D eigenvalue weighted by Gasteiger charge is -2.18. The van der Waals surface area contributed by atoms with Gasteiger partial charge in [-0.2, -0.15) is 0 Å². The van der Waals surface area contributed by atoms with E-state index in [-0.39, 0.29) is 25.0 Å². The summed E-state index contributed by atoms with van der Waals surface area (Å²) in [4.78, 5) is 25.0. The number of methoxy groups -OCH3 is 1. The van der Waals surface area contributed by atoms with Crippen LogP contribution in [0.5, 0.6) is 5.75 Å². The van der Waals surface area contributed by atoms with E-state index in [9.17, 15) is 9.59 Å². The zero-order chi connectivity index (χ0) is 17.8. The molecule has 6 heteroatoms. The molecule has 0 fully saturated rings. The lowest BCUT2D eigenvalue weighted by molar-refractivity contribution is -0.147. The van der Waals surface area contributed by atoms with E-state index in [0.717, 1.165) is 11.3 Å². The van der Waals surface area contributed by atoms with Crippen molar-refractivity contribution >= 4 is 18.0 Å². The molecule has 0 aliphatic heterocycles. The summed E-state index contributed by atoms with van der Waals surface area (Å²) in [5.41, 5.74) is 1.00. The van der Waals surface area contributed by atoms with Gasteiger partial charge in [0, 0.05) is 6.54 Å². The summed E-state index contributed by atoms with van der Waals surface area (Å²) in [5.74, 6) is 0.0673. The highest BCUT2D eigenvalue weighted by atomic mass is 16.5. The van der Waals surface area contributed by atoms with Crippen molar-refractivity contribution in [3.05, 3.63) is 35.9 Å². The molecule has 0 N–H and O–H groups in total. The van der Waals surface area contributed by atoms with E-state index in [2.05, 4.69) is 0 Å². The molecule has 0 aliphatic carbocycles. The van der Waals surface area contributed by atoms with Crippen LogP contribution in [0.15, 0.2) is 30.3 Å². The van der Waals surface area contributed by atoms with Crippen LogP contribution in [0.2, 0.25) is 0 Å². The second kappa shape index (κ2) is 11.2. The first kappa shape index (κ1) is 19.7. The highest BCUT2D eigenvalue weighted by molar-refractivity contribution is 5.75. The predicted molar refractivity (Wildman–Crippen MR) is 91.7 cm³/mol. The molecule has 6 nitrogen and oxygen atoms in total. The minimum Gasteiger partial charge on any atom is -0.497 e. The largest absolute Gasteiger partial charge is 0.497 e. The molecule has 0 amide bonds. The third-order valence-electron chi connectivity index (χ3n) is 3.11. The van der Waals surface area contributed by atoms with Gasteiger partial charge in [0.25, 0.3) is 0 Å². The van der Waals surface area contributed by atoms with Gasteiger partial charge in [-0.15, -0.1) is 0 Å². The number of ether oxygens (including phenoxy) is 3. The van der Waals surface area contributed by atoms with E-state index in [1.807, 2.05) is 36.4 Å². The first-order chi connectivity index (χ1) is 11.6. The summed E-state index contributed by atoms with van der Waals surface area (Å²) in [7, 11) is 1.62. The summed E-state index contributed by atoms with van der Waals surface area (Å²) in [6.07, 6.45) is 3.81. The minimum atomic E-state index is -0.361. The maximum Gasteiger partial charge on any atom is 0.320 e. The normalized spacial score (nSPS) is 10.8. The quantitative estimate of drug-likeness (QED) is 0.610.